The van der Waals surface area contributed by atoms with E-state index < -0.39 is 10.4 Å². The van der Waals surface area contributed by atoms with E-state index in [1.54, 1.807) is 19.2 Å². The van der Waals surface area contributed by atoms with Crippen molar-refractivity contribution in [3.63, 3.8) is 0 Å². The number of likely N-dealkylation sites (N-methyl/N-ethyl adjacent to an activating group) is 1. The maximum atomic E-state index is 12.1. The Morgan fingerprint density at radius 1 is 1.24 bits per heavy atom. The average molecular weight is 315 g/mol. The number of benzene rings is 1. The second kappa shape index (κ2) is 7.53. The first kappa shape index (κ1) is 17.6. The van der Waals surface area contributed by atoms with Crippen LogP contribution in [0.2, 0.25) is 0 Å². The Hall–Kier alpha value is -1.44. The van der Waals surface area contributed by atoms with Gasteiger partial charge in [-0.05, 0) is 23.6 Å². The van der Waals surface area contributed by atoms with E-state index in [9.17, 15) is 13.2 Å². The van der Waals surface area contributed by atoms with Crippen molar-refractivity contribution < 1.29 is 21.6 Å². The third kappa shape index (κ3) is 5.45. The molecule has 0 saturated heterocycles. The van der Waals surface area contributed by atoms with Crippen LogP contribution in [0, 0.1) is 0 Å². The Morgan fingerprint density at radius 2 is 1.81 bits per heavy atom. The lowest BCUT2D eigenvalue weighted by atomic mass is 10.0. The molecule has 0 fully saturated rings. The third-order valence-corrected chi connectivity index (χ3v) is 3.89. The largest absolute Gasteiger partial charge is 0.399 e. The summed E-state index contributed by atoms with van der Waals surface area (Å²) in [6.45, 7) is 4.16. The first-order valence-electron chi connectivity index (χ1n) is 6.57. The molecule has 0 bridgehead atoms. The fourth-order valence-corrected chi connectivity index (χ4v) is 2.03. The molecule has 6 nitrogen and oxygen atoms in total. The topological polar surface area (TPSA) is 72.9 Å². The van der Waals surface area contributed by atoms with Crippen molar-refractivity contribution in [2.24, 2.45) is 0 Å². The normalized spacial score (nSPS) is 11.7. The van der Waals surface area contributed by atoms with Gasteiger partial charge in [0.05, 0.1) is 13.7 Å². The monoisotopic (exact) mass is 315 g/mol. The number of hydrogen-bond donors (Lipinski definition) is 0. The molecule has 0 radical (unpaired) electrons. The second-order valence-electron chi connectivity index (χ2n) is 4.90. The van der Waals surface area contributed by atoms with Crippen LogP contribution in [0.15, 0.2) is 24.3 Å². The van der Waals surface area contributed by atoms with Crippen molar-refractivity contribution in [2.45, 2.75) is 19.8 Å². The summed E-state index contributed by atoms with van der Waals surface area (Å²) < 4.78 is 30.6. The van der Waals surface area contributed by atoms with E-state index in [1.165, 1.54) is 4.90 Å². The lowest BCUT2D eigenvalue weighted by molar-refractivity contribution is 0.0769. The quantitative estimate of drug-likeness (QED) is 0.767. The van der Waals surface area contributed by atoms with Crippen LogP contribution in [0.1, 0.15) is 35.7 Å². The van der Waals surface area contributed by atoms with Crippen LogP contribution >= 0.6 is 0 Å². The second-order valence-corrected chi connectivity index (χ2v) is 6.29. The van der Waals surface area contributed by atoms with E-state index in [2.05, 4.69) is 22.2 Å². The van der Waals surface area contributed by atoms with Gasteiger partial charge < -0.3 is 4.90 Å². The molecule has 1 rings (SSSR count). The van der Waals surface area contributed by atoms with Crippen LogP contribution in [0.25, 0.3) is 0 Å². The van der Waals surface area contributed by atoms with Gasteiger partial charge in [-0.15, -0.1) is 0 Å². The fraction of sp³-hybridized carbons (Fsp3) is 0.500. The van der Waals surface area contributed by atoms with E-state index in [-0.39, 0.29) is 19.1 Å². The molecule has 0 saturated carbocycles. The van der Waals surface area contributed by atoms with Crippen LogP contribution in [0.3, 0.4) is 0 Å². The molecule has 0 atom stereocenters. The predicted molar refractivity (Wildman–Crippen MR) is 79.4 cm³/mol. The molecule has 0 aromatic heterocycles. The number of nitrogens with zero attached hydrogens (tertiary/aromatic N) is 1. The highest BCUT2D eigenvalue weighted by molar-refractivity contribution is 7.81. The van der Waals surface area contributed by atoms with Crippen LogP contribution in [-0.4, -0.2) is 46.5 Å². The molecule has 0 aliphatic rings. The fourth-order valence-electron chi connectivity index (χ4n) is 1.66. The number of rotatable bonds is 7. The molecular formula is C14H21NO5S. The SMILES string of the molecule is COS(=O)(=O)OCCN(C)C(=O)c1ccc(C(C)C)cc1. The minimum atomic E-state index is -3.96. The molecule has 0 N–H and O–H groups in total. The smallest absolute Gasteiger partial charge is 0.339 e. The van der Waals surface area contributed by atoms with Gasteiger partial charge in [0, 0.05) is 19.2 Å². The summed E-state index contributed by atoms with van der Waals surface area (Å²) in [5.41, 5.74) is 1.71. The van der Waals surface area contributed by atoms with Crippen LogP contribution in [0.4, 0.5) is 0 Å². The summed E-state index contributed by atoms with van der Waals surface area (Å²) in [5.74, 6) is 0.211. The maximum Gasteiger partial charge on any atom is 0.399 e. The summed E-state index contributed by atoms with van der Waals surface area (Å²) >= 11 is 0. The van der Waals surface area contributed by atoms with E-state index in [1.807, 2.05) is 12.1 Å². The van der Waals surface area contributed by atoms with Gasteiger partial charge in [-0.2, -0.15) is 8.42 Å². The minimum absolute atomic E-state index is 0.146. The Labute approximate surface area is 126 Å². The lowest BCUT2D eigenvalue weighted by Gasteiger charge is -2.17. The van der Waals surface area contributed by atoms with Gasteiger partial charge in [0.15, 0.2) is 0 Å². The molecule has 0 aliphatic heterocycles. The van der Waals surface area contributed by atoms with Gasteiger partial charge in [0.25, 0.3) is 5.91 Å². The molecule has 1 amide bonds. The first-order valence-corrected chi connectivity index (χ1v) is 7.90. The molecule has 0 aliphatic carbocycles. The van der Waals surface area contributed by atoms with Gasteiger partial charge in [0.2, 0.25) is 0 Å². The lowest BCUT2D eigenvalue weighted by Crippen LogP contribution is -2.30. The third-order valence-electron chi connectivity index (χ3n) is 3.03. The average Bonchev–Trinajstić information content (AvgIpc) is 2.46. The Kier molecular flexibility index (Phi) is 6.32. The number of carbonyl (C=O) groups is 1. The van der Waals surface area contributed by atoms with E-state index >= 15 is 0 Å². The highest BCUT2D eigenvalue weighted by atomic mass is 32.3. The Balaban J connectivity index is 2.58. The van der Waals surface area contributed by atoms with Crippen LogP contribution < -0.4 is 0 Å². The van der Waals surface area contributed by atoms with Crippen molar-refractivity contribution in [2.75, 3.05) is 27.3 Å². The minimum Gasteiger partial charge on any atom is -0.339 e. The number of carbonyl (C=O) groups excluding carboxylic acids is 1. The van der Waals surface area contributed by atoms with Crippen molar-refractivity contribution >= 4 is 16.3 Å². The molecule has 0 heterocycles. The van der Waals surface area contributed by atoms with Gasteiger partial charge in [-0.25, -0.2) is 4.18 Å². The summed E-state index contributed by atoms with van der Waals surface area (Å²) in [4.78, 5) is 13.5. The zero-order chi connectivity index (χ0) is 16.0. The summed E-state index contributed by atoms with van der Waals surface area (Å²) in [6.07, 6.45) is 0. The molecule has 21 heavy (non-hydrogen) atoms. The zero-order valence-electron chi connectivity index (χ0n) is 12.7. The maximum absolute atomic E-state index is 12.1. The number of hydrogen-bond acceptors (Lipinski definition) is 5. The summed E-state index contributed by atoms with van der Waals surface area (Å²) in [6, 6.07) is 7.36. The predicted octanol–water partition coefficient (Wildman–Crippen LogP) is 1.79. The molecule has 7 heteroatoms. The van der Waals surface area contributed by atoms with E-state index in [0.29, 0.717) is 11.5 Å². The van der Waals surface area contributed by atoms with Gasteiger partial charge in [-0.1, -0.05) is 26.0 Å². The zero-order valence-corrected chi connectivity index (χ0v) is 13.5. The van der Waals surface area contributed by atoms with Crippen molar-refractivity contribution in [3.05, 3.63) is 35.4 Å². The van der Waals surface area contributed by atoms with Gasteiger partial charge in [-0.3, -0.25) is 8.98 Å². The Bertz CT molecular complexity index is 566. The molecule has 1 aromatic carbocycles. The molecule has 0 spiro atoms. The Morgan fingerprint density at radius 3 is 2.29 bits per heavy atom. The standard InChI is InChI=1S/C14H21NO5S/c1-11(2)12-5-7-13(8-6-12)14(16)15(3)9-10-20-21(17,18)19-4/h5-8,11H,9-10H2,1-4H3. The van der Waals surface area contributed by atoms with Crippen LogP contribution in [0.5, 0.6) is 0 Å². The molecule has 1 aromatic rings. The molecule has 0 unspecified atom stereocenters. The highest BCUT2D eigenvalue weighted by Crippen LogP contribution is 2.15. The van der Waals surface area contributed by atoms with Crippen molar-refractivity contribution in [1.82, 2.24) is 4.90 Å². The van der Waals surface area contributed by atoms with E-state index in [4.69, 9.17) is 0 Å². The van der Waals surface area contributed by atoms with Crippen LogP contribution in [-0.2, 0) is 18.8 Å². The molecular weight excluding hydrogens is 294 g/mol. The van der Waals surface area contributed by atoms with Crippen molar-refractivity contribution in [1.29, 1.82) is 0 Å². The highest BCUT2D eigenvalue weighted by Gasteiger charge is 2.14. The van der Waals surface area contributed by atoms with Gasteiger partial charge in [0.1, 0.15) is 0 Å². The van der Waals surface area contributed by atoms with E-state index in [0.717, 1.165) is 12.7 Å². The first-order chi connectivity index (χ1) is 9.76. The summed E-state index contributed by atoms with van der Waals surface area (Å²) in [5, 5.41) is 0. The van der Waals surface area contributed by atoms with Crippen molar-refractivity contribution in [3.8, 4) is 0 Å². The number of amides is 1. The van der Waals surface area contributed by atoms with Gasteiger partial charge >= 0.3 is 10.4 Å². The summed E-state index contributed by atoms with van der Waals surface area (Å²) in [7, 11) is -1.36. The molecule has 118 valence electrons.